The second kappa shape index (κ2) is 4.86. The first-order chi connectivity index (χ1) is 9.01. The van der Waals surface area contributed by atoms with Crippen LogP contribution in [-0.4, -0.2) is 37.1 Å². The zero-order valence-electron chi connectivity index (χ0n) is 9.65. The van der Waals surface area contributed by atoms with Gasteiger partial charge in [0.2, 0.25) is 0 Å². The van der Waals surface area contributed by atoms with E-state index in [1.807, 2.05) is 0 Å². The molecule has 1 aromatic heterocycles. The van der Waals surface area contributed by atoms with Gasteiger partial charge >= 0.3 is 11.9 Å². The van der Waals surface area contributed by atoms with Crippen LogP contribution in [0.2, 0.25) is 0 Å². The van der Waals surface area contributed by atoms with E-state index in [2.05, 4.69) is 10.3 Å². The lowest BCUT2D eigenvalue weighted by atomic mass is 10.1. The summed E-state index contributed by atoms with van der Waals surface area (Å²) in [5, 5.41) is 25.4. The quantitative estimate of drug-likeness (QED) is 0.713. The first kappa shape index (κ1) is 12.7. The van der Waals surface area contributed by atoms with Crippen molar-refractivity contribution in [2.75, 3.05) is 0 Å². The lowest BCUT2D eigenvalue weighted by Crippen LogP contribution is -2.06. The van der Waals surface area contributed by atoms with Crippen LogP contribution in [0.15, 0.2) is 24.4 Å². The van der Waals surface area contributed by atoms with Gasteiger partial charge in [0.15, 0.2) is 0 Å². The summed E-state index contributed by atoms with van der Waals surface area (Å²) in [4.78, 5) is 21.9. The molecule has 0 unspecified atom stereocenters. The second-order valence-electron chi connectivity index (χ2n) is 3.74. The number of aromatic carboxylic acids is 2. The van der Waals surface area contributed by atoms with Gasteiger partial charge in [-0.15, -0.1) is 5.10 Å². The smallest absolute Gasteiger partial charge is 0.335 e. The number of carboxylic acids is 2. The fourth-order valence-corrected chi connectivity index (χ4v) is 1.51. The Labute approximate surface area is 107 Å². The molecule has 0 aliphatic rings. The third-order valence-corrected chi connectivity index (χ3v) is 2.43. The van der Waals surface area contributed by atoms with Crippen molar-refractivity contribution in [3.63, 3.8) is 0 Å². The number of nitrogens with zero attached hydrogens (tertiary/aromatic N) is 3. The Hall–Kier alpha value is -2.74. The predicted molar refractivity (Wildman–Crippen MR) is 63.2 cm³/mol. The van der Waals surface area contributed by atoms with Crippen molar-refractivity contribution < 1.29 is 19.8 Å². The molecule has 0 saturated carbocycles. The maximum atomic E-state index is 11.0. The fraction of sp³-hybridized carbons (Fsp3) is 0.0909. The fourth-order valence-electron chi connectivity index (χ4n) is 1.51. The van der Waals surface area contributed by atoms with Gasteiger partial charge in [-0.2, -0.15) is 0 Å². The second-order valence-corrected chi connectivity index (χ2v) is 3.74. The average molecular weight is 262 g/mol. The molecule has 0 spiro atoms. The minimum Gasteiger partial charge on any atom is -0.478 e. The maximum absolute atomic E-state index is 11.0. The highest BCUT2D eigenvalue weighted by Crippen LogP contribution is 2.14. The van der Waals surface area contributed by atoms with Crippen molar-refractivity contribution in [1.29, 1.82) is 0 Å². The van der Waals surface area contributed by atoms with Gasteiger partial charge in [-0.25, -0.2) is 14.3 Å². The molecule has 98 valence electrons. The van der Waals surface area contributed by atoms with E-state index in [1.54, 1.807) is 0 Å². The van der Waals surface area contributed by atoms with E-state index < -0.39 is 11.9 Å². The zero-order valence-corrected chi connectivity index (χ0v) is 9.65. The Morgan fingerprint density at radius 3 is 2.16 bits per heavy atom. The van der Waals surface area contributed by atoms with Gasteiger partial charge in [0.1, 0.15) is 0 Å². The molecule has 8 nitrogen and oxygen atoms in total. The highest BCUT2D eigenvalue weighted by molar-refractivity contribution is 5.94. The SMILES string of the molecule is NCc1cn(-c2cc(C(=O)O)cc(C(=O)O)c2)nn1. The van der Waals surface area contributed by atoms with Crippen LogP contribution in [0.25, 0.3) is 5.69 Å². The standard InChI is InChI=1S/C11H10N4O4/c12-4-8-5-15(14-13-8)9-2-6(10(16)17)1-7(3-9)11(18)19/h1-3,5H,4,12H2,(H,16,17)(H,18,19). The first-order valence-corrected chi connectivity index (χ1v) is 5.24. The highest BCUT2D eigenvalue weighted by Gasteiger charge is 2.13. The number of hydrogen-bond donors (Lipinski definition) is 3. The Kier molecular flexibility index (Phi) is 3.25. The predicted octanol–water partition coefficient (Wildman–Crippen LogP) is 0.122. The molecule has 0 bridgehead atoms. The molecule has 1 aromatic carbocycles. The van der Waals surface area contributed by atoms with Crippen LogP contribution in [0.4, 0.5) is 0 Å². The topological polar surface area (TPSA) is 131 Å². The molecule has 0 radical (unpaired) electrons. The van der Waals surface area contributed by atoms with Crippen molar-refractivity contribution in [3.8, 4) is 5.69 Å². The summed E-state index contributed by atoms with van der Waals surface area (Å²) in [6.45, 7) is 0.185. The van der Waals surface area contributed by atoms with Gasteiger partial charge in [0.05, 0.1) is 28.7 Å². The summed E-state index contributed by atoms with van der Waals surface area (Å²) >= 11 is 0. The Balaban J connectivity index is 2.55. The van der Waals surface area contributed by atoms with Gasteiger partial charge in [-0.05, 0) is 18.2 Å². The number of aromatic nitrogens is 3. The number of rotatable bonds is 4. The molecular weight excluding hydrogens is 252 g/mol. The first-order valence-electron chi connectivity index (χ1n) is 5.24. The largest absolute Gasteiger partial charge is 0.478 e. The van der Waals surface area contributed by atoms with Gasteiger partial charge in [0, 0.05) is 6.54 Å². The highest BCUT2D eigenvalue weighted by atomic mass is 16.4. The van der Waals surface area contributed by atoms with Crippen LogP contribution in [0.5, 0.6) is 0 Å². The minimum atomic E-state index is -1.22. The third-order valence-electron chi connectivity index (χ3n) is 2.43. The normalized spacial score (nSPS) is 10.4. The van der Waals surface area contributed by atoms with Crippen molar-refractivity contribution in [1.82, 2.24) is 15.0 Å². The molecule has 4 N–H and O–H groups in total. The lowest BCUT2D eigenvalue weighted by molar-refractivity contribution is 0.0696. The van der Waals surface area contributed by atoms with Crippen LogP contribution < -0.4 is 5.73 Å². The third kappa shape index (κ3) is 2.58. The molecule has 2 rings (SSSR count). The number of nitrogens with two attached hydrogens (primary N) is 1. The van der Waals surface area contributed by atoms with E-state index in [0.29, 0.717) is 11.4 Å². The molecule has 2 aromatic rings. The molecule has 0 fully saturated rings. The van der Waals surface area contributed by atoms with Crippen LogP contribution in [0.3, 0.4) is 0 Å². The van der Waals surface area contributed by atoms with Crippen molar-refractivity contribution in [3.05, 3.63) is 41.2 Å². The van der Waals surface area contributed by atoms with Crippen LogP contribution in [0, 0.1) is 0 Å². The van der Waals surface area contributed by atoms with Crippen LogP contribution in [0.1, 0.15) is 26.4 Å². The molecule has 8 heteroatoms. The average Bonchev–Trinajstić information content (AvgIpc) is 2.86. The van der Waals surface area contributed by atoms with Gasteiger partial charge in [-0.1, -0.05) is 5.21 Å². The molecule has 0 aliphatic carbocycles. The summed E-state index contributed by atoms with van der Waals surface area (Å²) in [6, 6.07) is 3.70. The summed E-state index contributed by atoms with van der Waals surface area (Å²) in [5.74, 6) is -2.44. The Bertz CT molecular complexity index is 618. The van der Waals surface area contributed by atoms with E-state index >= 15 is 0 Å². The molecule has 1 heterocycles. The summed E-state index contributed by atoms with van der Waals surface area (Å²) < 4.78 is 1.28. The molecule has 0 aliphatic heterocycles. The molecular formula is C11H10N4O4. The zero-order chi connectivity index (χ0) is 14.0. The van der Waals surface area contributed by atoms with Gasteiger partial charge in [0.25, 0.3) is 0 Å². The van der Waals surface area contributed by atoms with Crippen molar-refractivity contribution >= 4 is 11.9 Å². The summed E-state index contributed by atoms with van der Waals surface area (Å²) in [6.07, 6.45) is 1.51. The van der Waals surface area contributed by atoms with Crippen molar-refractivity contribution in [2.24, 2.45) is 5.73 Å². The van der Waals surface area contributed by atoms with Gasteiger partial charge in [-0.3, -0.25) is 0 Å². The van der Waals surface area contributed by atoms with E-state index in [4.69, 9.17) is 15.9 Å². The minimum absolute atomic E-state index is 0.139. The van der Waals surface area contributed by atoms with E-state index in [1.165, 1.54) is 23.0 Å². The lowest BCUT2D eigenvalue weighted by Gasteiger charge is -2.04. The summed E-state index contributed by atoms with van der Waals surface area (Å²) in [7, 11) is 0. The maximum Gasteiger partial charge on any atom is 0.335 e. The van der Waals surface area contributed by atoms with E-state index in [0.717, 1.165) is 6.07 Å². The number of hydrogen-bond acceptors (Lipinski definition) is 5. The Morgan fingerprint density at radius 1 is 1.16 bits per heavy atom. The number of benzene rings is 1. The number of carboxylic acid groups (broad SMARTS) is 2. The molecule has 0 atom stereocenters. The van der Waals surface area contributed by atoms with Gasteiger partial charge < -0.3 is 15.9 Å². The molecule has 0 saturated heterocycles. The Morgan fingerprint density at radius 2 is 1.74 bits per heavy atom. The van der Waals surface area contributed by atoms with E-state index in [9.17, 15) is 9.59 Å². The molecule has 0 amide bonds. The molecule has 19 heavy (non-hydrogen) atoms. The van der Waals surface area contributed by atoms with Crippen molar-refractivity contribution in [2.45, 2.75) is 6.54 Å². The summed E-state index contributed by atoms with van der Waals surface area (Å²) in [5.41, 5.74) is 5.92. The van der Waals surface area contributed by atoms with Crippen LogP contribution in [-0.2, 0) is 6.54 Å². The van der Waals surface area contributed by atoms with E-state index in [-0.39, 0.29) is 17.7 Å². The number of carbonyl (C=O) groups is 2. The monoisotopic (exact) mass is 262 g/mol. The van der Waals surface area contributed by atoms with Crippen LogP contribution >= 0.6 is 0 Å².